The van der Waals surface area contributed by atoms with E-state index in [0.717, 1.165) is 12.3 Å². The van der Waals surface area contributed by atoms with Crippen molar-refractivity contribution < 1.29 is 28.1 Å². The highest BCUT2D eigenvalue weighted by Gasteiger charge is 2.29. The van der Waals surface area contributed by atoms with Gasteiger partial charge in [-0.25, -0.2) is 23.7 Å². The molecule has 1 aliphatic heterocycles. The molecule has 0 radical (unpaired) electrons. The number of hydrogen-bond donors (Lipinski definition) is 3. The molecule has 11 heteroatoms. The molecule has 1 fully saturated rings. The van der Waals surface area contributed by atoms with Crippen molar-refractivity contribution in [2.24, 2.45) is 0 Å². The number of halogens is 2. The molecule has 34 heavy (non-hydrogen) atoms. The molecule has 2 atom stereocenters. The van der Waals surface area contributed by atoms with E-state index < -0.39 is 23.3 Å². The molecule has 5 heterocycles. The van der Waals surface area contributed by atoms with Gasteiger partial charge in [0.25, 0.3) is 0 Å². The van der Waals surface area contributed by atoms with Crippen LogP contribution < -0.4 is 5.32 Å². The first-order valence-corrected chi connectivity index (χ1v) is 10.7. The van der Waals surface area contributed by atoms with Crippen LogP contribution in [-0.4, -0.2) is 54.9 Å². The fraction of sp³-hybridized carbons (Fsp3) is 0.348. The van der Waals surface area contributed by atoms with Crippen LogP contribution in [0.5, 0.6) is 0 Å². The number of ether oxygens (including phenoxy) is 1. The molecular weight excluding hydrogens is 448 g/mol. The lowest BCUT2D eigenvalue weighted by atomic mass is 10.0. The first-order valence-electron chi connectivity index (χ1n) is 10.7. The van der Waals surface area contributed by atoms with Gasteiger partial charge in [-0.3, -0.25) is 4.40 Å². The second kappa shape index (κ2) is 8.42. The van der Waals surface area contributed by atoms with Crippen molar-refractivity contribution in [1.29, 1.82) is 0 Å². The minimum Gasteiger partial charge on any atom is -0.472 e. The minimum absolute atomic E-state index is 0.0322. The van der Waals surface area contributed by atoms with Gasteiger partial charge < -0.3 is 24.7 Å². The van der Waals surface area contributed by atoms with Crippen molar-refractivity contribution in [2.45, 2.75) is 38.0 Å². The SMILES string of the molecule is CC(C)(O)c1nc2c(F)cc(-c3nc(N[C@@H]4CCOC[C@H]4O)ncc3F)cn2c1-c1ccoc1. The van der Waals surface area contributed by atoms with Crippen molar-refractivity contribution in [3.05, 3.63) is 54.4 Å². The Morgan fingerprint density at radius 1 is 1.21 bits per heavy atom. The molecule has 1 aliphatic rings. The molecule has 3 N–H and O–H groups in total. The van der Waals surface area contributed by atoms with Crippen LogP contribution in [0.4, 0.5) is 14.7 Å². The molecule has 0 bridgehead atoms. The summed E-state index contributed by atoms with van der Waals surface area (Å²) in [6, 6.07) is 2.44. The lowest BCUT2D eigenvalue weighted by molar-refractivity contribution is -0.0136. The second-order valence-corrected chi connectivity index (χ2v) is 8.72. The standard InChI is InChI=1S/C23H23F2N5O4/c1-23(2,32)20-19(12-3-5-33-10-12)30-9-13(7-14(24)21(30)29-20)18-15(25)8-26-22(28-18)27-16-4-6-34-11-17(16)31/h3,5,7-10,16-17,31-32H,4,6,11H2,1-2H3,(H,26,27,28)/t16-,17-/m1/s1. The van der Waals surface area contributed by atoms with Gasteiger partial charge in [0.05, 0.1) is 48.9 Å². The van der Waals surface area contributed by atoms with E-state index in [1.54, 1.807) is 19.9 Å². The van der Waals surface area contributed by atoms with Gasteiger partial charge in [-0.1, -0.05) is 0 Å². The van der Waals surface area contributed by atoms with E-state index in [9.17, 15) is 14.6 Å². The smallest absolute Gasteiger partial charge is 0.223 e. The lowest BCUT2D eigenvalue weighted by Crippen LogP contribution is -2.42. The molecule has 0 saturated carbocycles. The normalized spacial score (nSPS) is 19.0. The van der Waals surface area contributed by atoms with Gasteiger partial charge in [-0.2, -0.15) is 0 Å². The van der Waals surface area contributed by atoms with Crippen molar-refractivity contribution in [3.63, 3.8) is 0 Å². The number of pyridine rings is 1. The highest BCUT2D eigenvalue weighted by molar-refractivity contribution is 5.71. The largest absolute Gasteiger partial charge is 0.472 e. The summed E-state index contributed by atoms with van der Waals surface area (Å²) in [6.07, 6.45) is 5.17. The Labute approximate surface area is 193 Å². The van der Waals surface area contributed by atoms with Crippen LogP contribution in [-0.2, 0) is 10.3 Å². The van der Waals surface area contributed by atoms with Crippen LogP contribution in [0, 0.1) is 11.6 Å². The Balaban J connectivity index is 1.63. The molecular formula is C23H23F2N5O4. The lowest BCUT2D eigenvalue weighted by Gasteiger charge is -2.28. The molecule has 0 aromatic carbocycles. The van der Waals surface area contributed by atoms with Crippen LogP contribution in [0.3, 0.4) is 0 Å². The van der Waals surface area contributed by atoms with Crippen molar-refractivity contribution >= 4 is 11.6 Å². The van der Waals surface area contributed by atoms with Gasteiger partial charge in [-0.15, -0.1) is 0 Å². The summed E-state index contributed by atoms with van der Waals surface area (Å²) in [5, 5.41) is 23.8. The van der Waals surface area contributed by atoms with Crippen LogP contribution in [0.1, 0.15) is 26.0 Å². The van der Waals surface area contributed by atoms with Crippen molar-refractivity contribution in [3.8, 4) is 22.5 Å². The molecule has 0 unspecified atom stereocenters. The number of aliphatic hydroxyl groups is 2. The van der Waals surface area contributed by atoms with E-state index in [0.29, 0.717) is 24.3 Å². The molecule has 1 saturated heterocycles. The maximum atomic E-state index is 15.2. The zero-order valence-corrected chi connectivity index (χ0v) is 18.5. The summed E-state index contributed by atoms with van der Waals surface area (Å²) >= 11 is 0. The quantitative estimate of drug-likeness (QED) is 0.406. The number of anilines is 1. The maximum absolute atomic E-state index is 15.2. The third-order valence-electron chi connectivity index (χ3n) is 5.71. The van der Waals surface area contributed by atoms with Gasteiger partial charge in [0, 0.05) is 23.9 Å². The third kappa shape index (κ3) is 4.02. The van der Waals surface area contributed by atoms with Gasteiger partial charge in [0.2, 0.25) is 5.95 Å². The first kappa shape index (κ1) is 22.4. The van der Waals surface area contributed by atoms with Crippen LogP contribution >= 0.6 is 0 Å². The first-order chi connectivity index (χ1) is 16.2. The number of rotatable bonds is 5. The Kier molecular flexibility index (Phi) is 5.54. The zero-order chi connectivity index (χ0) is 24.0. The minimum atomic E-state index is -1.38. The molecule has 4 aromatic heterocycles. The van der Waals surface area contributed by atoms with Gasteiger partial charge in [0.1, 0.15) is 11.3 Å². The Bertz CT molecular complexity index is 1330. The highest BCUT2D eigenvalue weighted by Crippen LogP contribution is 2.35. The maximum Gasteiger partial charge on any atom is 0.223 e. The van der Waals surface area contributed by atoms with E-state index in [2.05, 4.69) is 20.3 Å². The summed E-state index contributed by atoms with van der Waals surface area (Å²) in [7, 11) is 0. The zero-order valence-electron chi connectivity index (χ0n) is 18.5. The number of aliphatic hydroxyl groups excluding tert-OH is 1. The molecule has 0 spiro atoms. The summed E-state index contributed by atoms with van der Waals surface area (Å²) in [5.41, 5.74) is -0.177. The number of nitrogens with one attached hydrogen (secondary N) is 1. The van der Waals surface area contributed by atoms with E-state index in [1.165, 1.54) is 23.1 Å². The highest BCUT2D eigenvalue weighted by atomic mass is 19.1. The third-order valence-corrected chi connectivity index (χ3v) is 5.71. The summed E-state index contributed by atoms with van der Waals surface area (Å²) in [6.45, 7) is 3.73. The predicted octanol–water partition coefficient (Wildman–Crippen LogP) is 3.12. The van der Waals surface area contributed by atoms with Crippen molar-refractivity contribution in [1.82, 2.24) is 19.4 Å². The van der Waals surface area contributed by atoms with Crippen LogP contribution in [0.25, 0.3) is 28.2 Å². The van der Waals surface area contributed by atoms with E-state index >= 15 is 4.39 Å². The van der Waals surface area contributed by atoms with Gasteiger partial charge in [0.15, 0.2) is 17.3 Å². The monoisotopic (exact) mass is 471 g/mol. The fourth-order valence-corrected chi connectivity index (χ4v) is 4.03. The number of furan rings is 1. The van der Waals surface area contributed by atoms with Gasteiger partial charge in [-0.05, 0) is 32.4 Å². The molecule has 0 amide bonds. The van der Waals surface area contributed by atoms with Crippen molar-refractivity contribution in [2.75, 3.05) is 18.5 Å². The molecule has 4 aromatic rings. The summed E-state index contributed by atoms with van der Waals surface area (Å²) in [5.74, 6) is -1.37. The van der Waals surface area contributed by atoms with Crippen LogP contribution in [0.2, 0.25) is 0 Å². The van der Waals surface area contributed by atoms with E-state index in [4.69, 9.17) is 9.15 Å². The Morgan fingerprint density at radius 3 is 2.74 bits per heavy atom. The average molecular weight is 471 g/mol. The average Bonchev–Trinajstić information content (AvgIpc) is 3.44. The molecule has 0 aliphatic carbocycles. The fourth-order valence-electron chi connectivity index (χ4n) is 4.03. The molecule has 178 valence electrons. The number of aromatic nitrogens is 4. The number of hydrogen-bond acceptors (Lipinski definition) is 8. The summed E-state index contributed by atoms with van der Waals surface area (Å²) in [4.78, 5) is 12.5. The number of imidazole rings is 1. The molecule has 9 nitrogen and oxygen atoms in total. The number of nitrogens with zero attached hydrogens (tertiary/aromatic N) is 4. The molecule has 5 rings (SSSR count). The van der Waals surface area contributed by atoms with E-state index in [-0.39, 0.29) is 41.2 Å². The Morgan fingerprint density at radius 2 is 2.03 bits per heavy atom. The second-order valence-electron chi connectivity index (χ2n) is 8.72. The topological polar surface area (TPSA) is 118 Å². The van der Waals surface area contributed by atoms with E-state index in [1.807, 2.05) is 0 Å². The Hall–Kier alpha value is -3.41. The predicted molar refractivity (Wildman–Crippen MR) is 118 cm³/mol. The van der Waals surface area contributed by atoms with Crippen LogP contribution in [0.15, 0.2) is 41.5 Å². The number of fused-ring (bicyclic) bond motifs is 1. The van der Waals surface area contributed by atoms with Gasteiger partial charge >= 0.3 is 0 Å². The summed E-state index contributed by atoms with van der Waals surface area (Å²) < 4.78 is 41.8.